The van der Waals surface area contributed by atoms with Crippen molar-refractivity contribution in [3.8, 4) is 17.0 Å². The van der Waals surface area contributed by atoms with Crippen LogP contribution in [0, 0.1) is 13.8 Å². The largest absolute Gasteiger partial charge is 0.507 e. The van der Waals surface area contributed by atoms with Gasteiger partial charge in [-0.3, -0.25) is 0 Å². The van der Waals surface area contributed by atoms with Gasteiger partial charge in [-0.1, -0.05) is 32.4 Å². The van der Waals surface area contributed by atoms with Crippen LogP contribution in [-0.2, 0) is 5.41 Å². The number of anilines is 1. The molecule has 0 unspecified atom stereocenters. The summed E-state index contributed by atoms with van der Waals surface area (Å²) in [5, 5.41) is 12.1. The summed E-state index contributed by atoms with van der Waals surface area (Å²) in [6.07, 6.45) is 0. The summed E-state index contributed by atoms with van der Waals surface area (Å²) in [6.45, 7) is 10.3. The molecule has 0 aliphatic rings. The fraction of sp³-hybridized carbons (Fsp3) is 0.300. The van der Waals surface area contributed by atoms with Crippen molar-refractivity contribution in [3.63, 3.8) is 0 Å². The van der Waals surface area contributed by atoms with E-state index in [9.17, 15) is 5.11 Å². The quantitative estimate of drug-likeness (QED) is 0.497. The van der Waals surface area contributed by atoms with Crippen molar-refractivity contribution in [2.45, 2.75) is 40.0 Å². The van der Waals surface area contributed by atoms with Gasteiger partial charge in [0.25, 0.3) is 0 Å². The Hall–Kier alpha value is -2.13. The molecule has 0 amide bonds. The van der Waals surface area contributed by atoms with Crippen LogP contribution in [0.25, 0.3) is 22.2 Å². The Morgan fingerprint density at radius 2 is 1.75 bits per heavy atom. The second-order valence-electron chi connectivity index (χ2n) is 7.48. The minimum Gasteiger partial charge on any atom is -0.507 e. The minimum atomic E-state index is -0.140. The lowest BCUT2D eigenvalue weighted by molar-refractivity contribution is 0.443. The van der Waals surface area contributed by atoms with E-state index in [0.29, 0.717) is 16.5 Å². The molecule has 1 heterocycles. The van der Waals surface area contributed by atoms with Crippen molar-refractivity contribution in [2.75, 3.05) is 5.73 Å². The first-order chi connectivity index (χ1) is 11.1. The van der Waals surface area contributed by atoms with E-state index in [-0.39, 0.29) is 5.41 Å². The molecule has 0 aliphatic carbocycles. The van der Waals surface area contributed by atoms with E-state index in [2.05, 4.69) is 38.7 Å². The van der Waals surface area contributed by atoms with Gasteiger partial charge >= 0.3 is 0 Å². The summed E-state index contributed by atoms with van der Waals surface area (Å²) < 4.78 is 0. The smallest absolute Gasteiger partial charge is 0.122 e. The number of halogens is 1. The molecule has 0 radical (unpaired) electrons. The van der Waals surface area contributed by atoms with Crippen LogP contribution in [0.1, 0.15) is 37.5 Å². The first-order valence-corrected chi connectivity index (χ1v) is 8.39. The van der Waals surface area contributed by atoms with Gasteiger partial charge in [-0.05, 0) is 60.2 Å². The van der Waals surface area contributed by atoms with Crippen LogP contribution < -0.4 is 5.73 Å². The average molecular weight is 343 g/mol. The van der Waals surface area contributed by atoms with Gasteiger partial charge in [0, 0.05) is 22.2 Å². The van der Waals surface area contributed by atoms with E-state index >= 15 is 0 Å². The molecule has 0 atom stereocenters. The lowest BCUT2D eigenvalue weighted by Gasteiger charge is -2.22. The van der Waals surface area contributed by atoms with Gasteiger partial charge in [-0.2, -0.15) is 0 Å². The lowest BCUT2D eigenvalue weighted by Crippen LogP contribution is -2.12. The third-order valence-electron chi connectivity index (χ3n) is 4.57. The monoisotopic (exact) mass is 342 g/mol. The van der Waals surface area contributed by atoms with Gasteiger partial charge in [-0.15, -0.1) is 0 Å². The summed E-state index contributed by atoms with van der Waals surface area (Å²) in [6, 6.07) is 7.84. The number of aromatic hydroxyl groups is 1. The first-order valence-electron chi connectivity index (χ1n) is 8.01. The van der Waals surface area contributed by atoms with Crippen molar-refractivity contribution in [3.05, 3.63) is 46.0 Å². The molecule has 3 aromatic rings. The number of phenolic OH excluding ortho intramolecular Hbond substituents is 1. The Balaban J connectivity index is 2.28. The molecule has 0 fully saturated rings. The third kappa shape index (κ3) is 2.63. The number of aryl methyl sites for hydroxylation is 2. The summed E-state index contributed by atoms with van der Waals surface area (Å²) in [7, 11) is 0. The van der Waals surface area contributed by atoms with Gasteiger partial charge in [0.1, 0.15) is 5.75 Å². The molecule has 2 aromatic carbocycles. The Kier molecular flexibility index (Phi) is 3.80. The van der Waals surface area contributed by atoms with Gasteiger partial charge < -0.3 is 15.8 Å². The normalized spacial score (nSPS) is 12.1. The number of nitrogen functional groups attached to an aromatic ring is 1. The third-order valence-corrected chi connectivity index (χ3v) is 4.90. The molecule has 0 saturated heterocycles. The number of hydrogen-bond acceptors (Lipinski definition) is 2. The predicted molar refractivity (Wildman–Crippen MR) is 103 cm³/mol. The molecule has 4 N–H and O–H groups in total. The van der Waals surface area contributed by atoms with E-state index in [1.54, 1.807) is 0 Å². The summed E-state index contributed by atoms with van der Waals surface area (Å²) in [4.78, 5) is 3.45. The maximum Gasteiger partial charge on any atom is 0.122 e. The maximum absolute atomic E-state index is 10.4. The molecule has 0 bridgehead atoms. The van der Waals surface area contributed by atoms with Crippen molar-refractivity contribution >= 4 is 28.2 Å². The zero-order chi connectivity index (χ0) is 17.8. The molecule has 24 heavy (non-hydrogen) atoms. The number of rotatable bonds is 1. The Morgan fingerprint density at radius 1 is 1.08 bits per heavy atom. The van der Waals surface area contributed by atoms with Crippen LogP contribution >= 0.6 is 11.6 Å². The number of nitrogens with one attached hydrogen (secondary N) is 1. The number of H-pyrrole nitrogens is 1. The minimum absolute atomic E-state index is 0.140. The average Bonchev–Trinajstić information content (AvgIpc) is 2.78. The van der Waals surface area contributed by atoms with Crippen LogP contribution in [0.15, 0.2) is 24.3 Å². The van der Waals surface area contributed by atoms with Crippen LogP contribution in [-0.4, -0.2) is 10.1 Å². The molecule has 4 heteroatoms. The van der Waals surface area contributed by atoms with Crippen molar-refractivity contribution < 1.29 is 5.11 Å². The molecule has 0 saturated carbocycles. The molecule has 3 nitrogen and oxygen atoms in total. The highest BCUT2D eigenvalue weighted by Crippen LogP contribution is 2.39. The van der Waals surface area contributed by atoms with Crippen molar-refractivity contribution in [1.29, 1.82) is 0 Å². The van der Waals surface area contributed by atoms with E-state index in [1.807, 2.05) is 25.1 Å². The SMILES string of the molecule is Cc1cc(-c2[nH]c3cc(Cl)c(N)cc3c2C)cc(C(C)(C)C)c1O. The number of fused-ring (bicyclic) bond motifs is 1. The number of phenols is 1. The predicted octanol–water partition coefficient (Wildman–Crippen LogP) is 5.69. The fourth-order valence-corrected chi connectivity index (χ4v) is 3.31. The maximum atomic E-state index is 10.4. The first kappa shape index (κ1) is 16.7. The van der Waals surface area contributed by atoms with E-state index < -0.39 is 0 Å². The summed E-state index contributed by atoms with van der Waals surface area (Å²) >= 11 is 6.15. The van der Waals surface area contributed by atoms with Crippen LogP contribution in [0.3, 0.4) is 0 Å². The van der Waals surface area contributed by atoms with E-state index in [0.717, 1.165) is 38.9 Å². The van der Waals surface area contributed by atoms with Crippen LogP contribution in [0.4, 0.5) is 5.69 Å². The molecule has 126 valence electrons. The van der Waals surface area contributed by atoms with Gasteiger partial charge in [0.2, 0.25) is 0 Å². The van der Waals surface area contributed by atoms with Gasteiger partial charge in [0.15, 0.2) is 0 Å². The highest BCUT2D eigenvalue weighted by atomic mass is 35.5. The number of nitrogens with two attached hydrogens (primary N) is 1. The van der Waals surface area contributed by atoms with E-state index in [4.69, 9.17) is 17.3 Å². The highest BCUT2D eigenvalue weighted by Gasteiger charge is 2.22. The lowest BCUT2D eigenvalue weighted by atomic mass is 9.83. The zero-order valence-corrected chi connectivity index (χ0v) is 15.5. The molecule has 1 aromatic heterocycles. The summed E-state index contributed by atoms with van der Waals surface area (Å²) in [5.74, 6) is 0.368. The zero-order valence-electron chi connectivity index (χ0n) is 14.7. The molecule has 0 spiro atoms. The molecular weight excluding hydrogens is 320 g/mol. The van der Waals surface area contributed by atoms with Gasteiger partial charge in [0.05, 0.1) is 10.7 Å². The van der Waals surface area contributed by atoms with Crippen molar-refractivity contribution in [1.82, 2.24) is 4.98 Å². The van der Waals surface area contributed by atoms with Crippen molar-refractivity contribution in [2.24, 2.45) is 0 Å². The number of benzene rings is 2. The summed E-state index contributed by atoms with van der Waals surface area (Å²) in [5.41, 5.74) is 12.4. The Morgan fingerprint density at radius 3 is 2.38 bits per heavy atom. The number of aromatic amines is 1. The Bertz CT molecular complexity index is 949. The van der Waals surface area contributed by atoms with E-state index in [1.165, 1.54) is 0 Å². The van der Waals surface area contributed by atoms with Gasteiger partial charge in [-0.25, -0.2) is 0 Å². The van der Waals surface area contributed by atoms with Crippen LogP contribution in [0.2, 0.25) is 5.02 Å². The van der Waals surface area contributed by atoms with Crippen LogP contribution in [0.5, 0.6) is 5.75 Å². The highest BCUT2D eigenvalue weighted by molar-refractivity contribution is 6.34. The second-order valence-corrected chi connectivity index (χ2v) is 7.89. The Labute approximate surface area is 147 Å². The number of aromatic nitrogens is 1. The fourth-order valence-electron chi connectivity index (χ4n) is 3.15. The second kappa shape index (κ2) is 5.45. The molecular formula is C20H23ClN2O. The topological polar surface area (TPSA) is 62.0 Å². The molecule has 0 aliphatic heterocycles. The standard InChI is InChI=1S/C20H23ClN2O/c1-10-6-12(7-14(19(10)24)20(3,4)5)18-11(2)13-8-16(22)15(21)9-17(13)23-18/h6-9,23-24H,22H2,1-5H3. The molecule has 3 rings (SSSR count). The number of hydrogen-bond donors (Lipinski definition) is 3.